The molecule has 0 saturated heterocycles. The number of aromatic nitrogens is 3. The molecule has 0 aliphatic carbocycles. The zero-order valence-electron chi connectivity index (χ0n) is 29.5. The molecule has 0 N–H and O–H groups in total. The van der Waals surface area contributed by atoms with Crippen LogP contribution in [0.3, 0.4) is 0 Å². The lowest BCUT2D eigenvalue weighted by molar-refractivity contribution is 1.08. The van der Waals surface area contributed by atoms with Crippen molar-refractivity contribution in [2.24, 2.45) is 0 Å². The third kappa shape index (κ3) is 5.49. The van der Waals surface area contributed by atoms with Gasteiger partial charge in [-0.25, -0.2) is 15.0 Å². The molecule has 4 heteroatoms. The normalized spacial score (nSPS) is 13.0. The van der Waals surface area contributed by atoms with Crippen LogP contribution < -0.4 is 10.4 Å². The summed E-state index contributed by atoms with van der Waals surface area (Å²) in [6, 6.07) is 56.3. The molecule has 0 spiro atoms. The van der Waals surface area contributed by atoms with Gasteiger partial charge in [0.25, 0.3) is 0 Å². The Bertz CT molecular complexity index is 2660. The van der Waals surface area contributed by atoms with Crippen LogP contribution in [0.15, 0.2) is 164 Å². The average molecular weight is 684 g/mol. The Morgan fingerprint density at radius 2 is 0.981 bits per heavy atom. The van der Waals surface area contributed by atoms with E-state index in [0.717, 1.165) is 33.2 Å². The Balaban J connectivity index is 1.24. The molecular weight excluding hydrogens is 647 g/mol. The van der Waals surface area contributed by atoms with E-state index in [1.165, 1.54) is 43.6 Å². The van der Waals surface area contributed by atoms with E-state index in [1.54, 1.807) is 0 Å². The second-order valence-electron chi connectivity index (χ2n) is 14.0. The monoisotopic (exact) mass is 683 g/mol. The number of hydrogen-bond donors (Lipinski definition) is 0. The van der Waals surface area contributed by atoms with Gasteiger partial charge in [0.15, 0.2) is 17.5 Å². The molecule has 9 rings (SSSR count). The third-order valence-corrected chi connectivity index (χ3v) is 14.0. The van der Waals surface area contributed by atoms with Crippen LogP contribution in [0.2, 0.25) is 13.1 Å². The Morgan fingerprint density at radius 1 is 0.404 bits per heavy atom. The first-order valence-corrected chi connectivity index (χ1v) is 20.9. The molecule has 0 bridgehead atoms. The van der Waals surface area contributed by atoms with E-state index in [2.05, 4.69) is 184 Å². The summed E-state index contributed by atoms with van der Waals surface area (Å²) in [6.45, 7) is 6.98. The average Bonchev–Trinajstić information content (AvgIpc) is 3.42. The van der Waals surface area contributed by atoms with Crippen molar-refractivity contribution in [3.63, 3.8) is 0 Å². The summed E-state index contributed by atoms with van der Waals surface area (Å²) in [7, 11) is -1.96. The lowest BCUT2D eigenvalue weighted by atomic mass is 9.94. The quantitative estimate of drug-likeness (QED) is 0.164. The standard InChI is InChI=1S/C48H37N3Si/c1-4-14-32-23-28-44-43(29-32)41-25-24-37(31-45(41)52(44,2)3)47-49-46(36-20-13-19-35(30-36)33-15-7-5-8-16-33)50-48(51-47)42-27-26-38(34-17-9-6-10-18-34)39-21-11-12-22-40(39)42/h4-31H,1-3H3/b14-4-. The van der Waals surface area contributed by atoms with Crippen LogP contribution in [0.5, 0.6) is 0 Å². The molecular formula is C48H37N3Si. The molecule has 2 heterocycles. The summed E-state index contributed by atoms with van der Waals surface area (Å²) in [5, 5.41) is 5.18. The summed E-state index contributed by atoms with van der Waals surface area (Å²) in [4.78, 5) is 15.7. The fourth-order valence-corrected chi connectivity index (χ4v) is 10.9. The van der Waals surface area contributed by atoms with Crippen LogP contribution in [0.25, 0.3) is 84.4 Å². The summed E-state index contributed by atoms with van der Waals surface area (Å²) in [5.74, 6) is 2.00. The van der Waals surface area contributed by atoms with Gasteiger partial charge in [-0.05, 0) is 85.2 Å². The van der Waals surface area contributed by atoms with Crippen LogP contribution in [0.4, 0.5) is 0 Å². The third-order valence-electron chi connectivity index (χ3n) is 10.4. The number of fused-ring (bicyclic) bond motifs is 4. The van der Waals surface area contributed by atoms with Gasteiger partial charge >= 0.3 is 0 Å². The summed E-state index contributed by atoms with van der Waals surface area (Å²) in [5.41, 5.74) is 11.5. The molecule has 52 heavy (non-hydrogen) atoms. The molecule has 0 saturated carbocycles. The Kier molecular flexibility index (Phi) is 7.83. The van der Waals surface area contributed by atoms with Crippen molar-refractivity contribution in [2.45, 2.75) is 20.0 Å². The lowest BCUT2D eigenvalue weighted by Gasteiger charge is -2.19. The van der Waals surface area contributed by atoms with Gasteiger partial charge in [-0.2, -0.15) is 0 Å². The van der Waals surface area contributed by atoms with Crippen molar-refractivity contribution in [2.75, 3.05) is 0 Å². The largest absolute Gasteiger partial charge is 0.208 e. The van der Waals surface area contributed by atoms with Gasteiger partial charge in [-0.15, -0.1) is 0 Å². The van der Waals surface area contributed by atoms with Crippen molar-refractivity contribution in [3.05, 3.63) is 169 Å². The van der Waals surface area contributed by atoms with Crippen LogP contribution in [0, 0.1) is 0 Å². The summed E-state index contributed by atoms with van der Waals surface area (Å²) < 4.78 is 0. The van der Waals surface area contributed by atoms with E-state index in [9.17, 15) is 0 Å². The van der Waals surface area contributed by atoms with Crippen molar-refractivity contribution in [3.8, 4) is 67.5 Å². The van der Waals surface area contributed by atoms with Crippen molar-refractivity contribution in [1.82, 2.24) is 15.0 Å². The van der Waals surface area contributed by atoms with Crippen LogP contribution in [0.1, 0.15) is 12.5 Å². The fraction of sp³-hybridized carbons (Fsp3) is 0.0625. The van der Waals surface area contributed by atoms with Crippen LogP contribution >= 0.6 is 0 Å². The Labute approximate surface area is 306 Å². The number of nitrogens with zero attached hydrogens (tertiary/aromatic N) is 3. The fourth-order valence-electron chi connectivity index (χ4n) is 7.79. The zero-order chi connectivity index (χ0) is 35.2. The van der Waals surface area contributed by atoms with E-state index in [0.29, 0.717) is 17.5 Å². The highest BCUT2D eigenvalue weighted by molar-refractivity contribution is 7.03. The predicted molar refractivity (Wildman–Crippen MR) is 221 cm³/mol. The molecule has 248 valence electrons. The maximum atomic E-state index is 5.28. The van der Waals surface area contributed by atoms with Crippen LogP contribution in [-0.2, 0) is 0 Å². The van der Waals surface area contributed by atoms with Crippen molar-refractivity contribution in [1.29, 1.82) is 0 Å². The first-order valence-electron chi connectivity index (χ1n) is 17.9. The van der Waals surface area contributed by atoms with E-state index in [4.69, 9.17) is 15.0 Å². The number of allylic oxidation sites excluding steroid dienone is 1. The second-order valence-corrected chi connectivity index (χ2v) is 18.3. The molecule has 1 aliphatic rings. The zero-order valence-corrected chi connectivity index (χ0v) is 30.5. The maximum Gasteiger partial charge on any atom is 0.164 e. The minimum atomic E-state index is -1.96. The first kappa shape index (κ1) is 31.7. The highest BCUT2D eigenvalue weighted by Gasteiger charge is 2.37. The van der Waals surface area contributed by atoms with Gasteiger partial charge in [0.2, 0.25) is 0 Å². The molecule has 1 aromatic heterocycles. The molecule has 0 unspecified atom stereocenters. The molecule has 0 radical (unpaired) electrons. The van der Waals surface area contributed by atoms with Gasteiger partial charge in [-0.3, -0.25) is 0 Å². The van der Waals surface area contributed by atoms with Crippen molar-refractivity contribution < 1.29 is 0 Å². The lowest BCUT2D eigenvalue weighted by Crippen LogP contribution is -2.49. The van der Waals surface area contributed by atoms with E-state index < -0.39 is 8.07 Å². The minimum Gasteiger partial charge on any atom is -0.208 e. The molecule has 3 nitrogen and oxygen atoms in total. The molecule has 8 aromatic rings. The van der Waals surface area contributed by atoms with E-state index in [1.807, 2.05) is 6.07 Å². The number of benzene rings is 7. The SMILES string of the molecule is C/C=C\c1ccc2c(c1)-c1ccc(-c3nc(-c4cccc(-c5ccccc5)c4)nc(-c4ccc(-c5ccccc5)c5ccccc45)n3)cc1[Si]2(C)C. The molecule has 7 aromatic carbocycles. The summed E-state index contributed by atoms with van der Waals surface area (Å²) >= 11 is 0. The molecule has 0 fully saturated rings. The highest BCUT2D eigenvalue weighted by Crippen LogP contribution is 2.37. The maximum absolute atomic E-state index is 5.28. The smallest absolute Gasteiger partial charge is 0.164 e. The van der Waals surface area contributed by atoms with Gasteiger partial charge < -0.3 is 0 Å². The number of rotatable bonds is 6. The Hall–Kier alpha value is -6.23. The van der Waals surface area contributed by atoms with Crippen LogP contribution in [-0.4, -0.2) is 23.0 Å². The van der Waals surface area contributed by atoms with E-state index >= 15 is 0 Å². The van der Waals surface area contributed by atoms with E-state index in [-0.39, 0.29) is 0 Å². The predicted octanol–water partition coefficient (Wildman–Crippen LogP) is 11.2. The summed E-state index contributed by atoms with van der Waals surface area (Å²) in [6.07, 6.45) is 4.28. The Morgan fingerprint density at radius 3 is 1.71 bits per heavy atom. The molecule has 1 aliphatic heterocycles. The molecule has 0 atom stereocenters. The molecule has 0 amide bonds. The van der Waals surface area contributed by atoms with Gasteiger partial charge in [0, 0.05) is 16.7 Å². The van der Waals surface area contributed by atoms with Gasteiger partial charge in [0.05, 0.1) is 0 Å². The van der Waals surface area contributed by atoms with Gasteiger partial charge in [0.1, 0.15) is 8.07 Å². The second kappa shape index (κ2) is 12.8. The van der Waals surface area contributed by atoms with Crippen molar-refractivity contribution >= 4 is 35.3 Å². The minimum absolute atomic E-state index is 0.658. The highest BCUT2D eigenvalue weighted by atomic mass is 28.3. The first-order chi connectivity index (χ1) is 25.5. The van der Waals surface area contributed by atoms with Gasteiger partial charge in [-0.1, -0.05) is 165 Å². The topological polar surface area (TPSA) is 38.7 Å². The number of hydrogen-bond acceptors (Lipinski definition) is 3.